The van der Waals surface area contributed by atoms with Gasteiger partial charge in [0.15, 0.2) is 0 Å². The normalized spacial score (nSPS) is 12.0. The van der Waals surface area contributed by atoms with Gasteiger partial charge >= 0.3 is 5.97 Å². The Hall–Kier alpha value is -1.91. The molecular formula is C14H20N2O3. The van der Waals surface area contributed by atoms with E-state index in [1.807, 2.05) is 0 Å². The summed E-state index contributed by atoms with van der Waals surface area (Å²) >= 11 is 0. The maximum Gasteiger partial charge on any atom is 0.311 e. The maximum atomic E-state index is 12.0. The van der Waals surface area contributed by atoms with Crippen LogP contribution in [0.3, 0.4) is 0 Å². The van der Waals surface area contributed by atoms with Gasteiger partial charge in [-0.25, -0.2) is 0 Å². The van der Waals surface area contributed by atoms with Gasteiger partial charge < -0.3 is 10.4 Å². The van der Waals surface area contributed by atoms with Crippen molar-refractivity contribution in [3.8, 4) is 0 Å². The number of nitrogens with one attached hydrogen (secondary N) is 1. The lowest BCUT2D eigenvalue weighted by Crippen LogP contribution is -2.57. The number of carbonyl (C=O) groups excluding carboxylic acids is 1. The second-order valence-corrected chi connectivity index (χ2v) is 5.64. The summed E-state index contributed by atoms with van der Waals surface area (Å²) in [5, 5.41) is 12.0. The fourth-order valence-electron chi connectivity index (χ4n) is 1.50. The lowest BCUT2D eigenvalue weighted by atomic mass is 9.74. The van der Waals surface area contributed by atoms with E-state index >= 15 is 0 Å². The number of aliphatic carboxylic acids is 1. The zero-order valence-corrected chi connectivity index (χ0v) is 11.7. The van der Waals surface area contributed by atoms with Crippen molar-refractivity contribution >= 4 is 11.9 Å². The molecule has 0 saturated carbocycles. The first kappa shape index (κ1) is 15.1. The number of aromatic nitrogens is 1. The topological polar surface area (TPSA) is 79.3 Å². The second kappa shape index (κ2) is 5.38. The zero-order chi connectivity index (χ0) is 14.7. The summed E-state index contributed by atoms with van der Waals surface area (Å²) in [7, 11) is 0. The lowest BCUT2D eigenvalue weighted by molar-refractivity contribution is -0.151. The fourth-order valence-corrected chi connectivity index (χ4v) is 1.50. The van der Waals surface area contributed by atoms with Crippen LogP contribution in [0.2, 0.25) is 0 Å². The van der Waals surface area contributed by atoms with Crippen molar-refractivity contribution < 1.29 is 14.7 Å². The third-order valence-electron chi connectivity index (χ3n) is 3.66. The van der Waals surface area contributed by atoms with Crippen LogP contribution in [0.5, 0.6) is 0 Å². The van der Waals surface area contributed by atoms with Gasteiger partial charge in [-0.1, -0.05) is 0 Å². The van der Waals surface area contributed by atoms with Crippen molar-refractivity contribution in [2.75, 3.05) is 0 Å². The molecule has 1 heterocycles. The number of carboxylic acid groups (broad SMARTS) is 1. The van der Waals surface area contributed by atoms with Crippen molar-refractivity contribution in [2.24, 2.45) is 5.41 Å². The highest BCUT2D eigenvalue weighted by atomic mass is 16.4. The first-order valence-electron chi connectivity index (χ1n) is 6.10. The number of hydrogen-bond donors (Lipinski definition) is 2. The summed E-state index contributed by atoms with van der Waals surface area (Å²) in [6, 6.07) is 3.52. The van der Waals surface area contributed by atoms with Gasteiger partial charge in [-0.2, -0.15) is 0 Å². The fraction of sp³-hybridized carbons (Fsp3) is 0.500. The number of carbonyl (C=O) groups is 2. The molecule has 0 saturated heterocycles. The smallest absolute Gasteiger partial charge is 0.311 e. The van der Waals surface area contributed by atoms with E-state index in [4.69, 9.17) is 0 Å². The minimum atomic E-state index is -1.05. The summed E-state index contributed by atoms with van der Waals surface area (Å²) in [6.45, 7) is 6.63. The van der Waals surface area contributed by atoms with Gasteiger partial charge in [0.05, 0.1) is 11.8 Å². The lowest BCUT2D eigenvalue weighted by Gasteiger charge is -2.38. The molecule has 0 aliphatic rings. The van der Waals surface area contributed by atoms with Gasteiger partial charge in [-0.3, -0.25) is 14.6 Å². The SMILES string of the molecule is CC(C)(NC(=O)Cc1ccncc1)C(C)(C)C(=O)O. The van der Waals surface area contributed by atoms with Gasteiger partial charge in [0.2, 0.25) is 5.91 Å². The summed E-state index contributed by atoms with van der Waals surface area (Å²) in [6.07, 6.45) is 3.45. The highest BCUT2D eigenvalue weighted by Crippen LogP contribution is 2.30. The third kappa shape index (κ3) is 3.53. The largest absolute Gasteiger partial charge is 0.481 e. The van der Waals surface area contributed by atoms with E-state index in [-0.39, 0.29) is 12.3 Å². The van der Waals surface area contributed by atoms with Gasteiger partial charge in [-0.15, -0.1) is 0 Å². The van der Waals surface area contributed by atoms with Gasteiger partial charge in [0.1, 0.15) is 0 Å². The predicted octanol–water partition coefficient (Wildman–Crippen LogP) is 1.63. The Balaban J connectivity index is 2.74. The quantitative estimate of drug-likeness (QED) is 0.847. The summed E-state index contributed by atoms with van der Waals surface area (Å²) in [4.78, 5) is 27.1. The third-order valence-corrected chi connectivity index (χ3v) is 3.66. The molecule has 5 nitrogen and oxygen atoms in total. The first-order chi connectivity index (χ1) is 8.67. The molecule has 2 N–H and O–H groups in total. The van der Waals surface area contributed by atoms with Crippen LogP contribution in [-0.2, 0) is 16.0 Å². The van der Waals surface area contributed by atoms with E-state index in [1.54, 1.807) is 52.2 Å². The molecule has 5 heteroatoms. The Morgan fingerprint density at radius 1 is 1.21 bits per heavy atom. The molecule has 0 atom stereocenters. The highest BCUT2D eigenvalue weighted by molar-refractivity contribution is 5.82. The standard InChI is InChI=1S/C14H20N2O3/c1-13(2,12(18)19)14(3,4)16-11(17)9-10-5-7-15-8-6-10/h5-8H,9H2,1-4H3,(H,16,17)(H,18,19). The number of amides is 1. The molecule has 0 aliphatic carbocycles. The van der Waals surface area contributed by atoms with E-state index in [0.29, 0.717) is 0 Å². The molecule has 0 fully saturated rings. The molecule has 19 heavy (non-hydrogen) atoms. The predicted molar refractivity (Wildman–Crippen MR) is 71.6 cm³/mol. The Morgan fingerprint density at radius 2 is 1.74 bits per heavy atom. The molecule has 0 spiro atoms. The molecule has 1 amide bonds. The minimum absolute atomic E-state index is 0.203. The van der Waals surface area contributed by atoms with Gasteiger partial charge in [-0.05, 0) is 45.4 Å². The average Bonchev–Trinajstić information content (AvgIpc) is 2.28. The molecule has 0 radical (unpaired) electrons. The van der Waals surface area contributed by atoms with Crippen molar-refractivity contribution in [3.05, 3.63) is 30.1 Å². The van der Waals surface area contributed by atoms with Crippen LogP contribution in [0.25, 0.3) is 0 Å². The minimum Gasteiger partial charge on any atom is -0.481 e. The molecule has 0 bridgehead atoms. The summed E-state index contributed by atoms with van der Waals surface area (Å²) in [5.74, 6) is -1.15. The average molecular weight is 264 g/mol. The van der Waals surface area contributed by atoms with Crippen LogP contribution < -0.4 is 5.32 Å². The molecule has 0 unspecified atom stereocenters. The Kier molecular flexibility index (Phi) is 4.29. The monoisotopic (exact) mass is 264 g/mol. The second-order valence-electron chi connectivity index (χ2n) is 5.64. The molecule has 0 aromatic carbocycles. The van der Waals surface area contributed by atoms with Crippen LogP contribution in [-0.4, -0.2) is 27.5 Å². The van der Waals surface area contributed by atoms with E-state index in [1.165, 1.54) is 0 Å². The van der Waals surface area contributed by atoms with Crippen LogP contribution >= 0.6 is 0 Å². The highest BCUT2D eigenvalue weighted by Gasteiger charge is 2.44. The van der Waals surface area contributed by atoms with Crippen molar-refractivity contribution in [1.29, 1.82) is 0 Å². The van der Waals surface area contributed by atoms with E-state index in [9.17, 15) is 14.7 Å². The molecule has 1 rings (SSSR count). The number of pyridine rings is 1. The molecule has 1 aromatic heterocycles. The summed E-state index contributed by atoms with van der Waals surface area (Å²) < 4.78 is 0. The maximum absolute atomic E-state index is 12.0. The number of rotatable bonds is 5. The van der Waals surface area contributed by atoms with Crippen LogP contribution in [0.1, 0.15) is 33.3 Å². The van der Waals surface area contributed by atoms with E-state index < -0.39 is 16.9 Å². The number of nitrogens with zero attached hydrogens (tertiary/aromatic N) is 1. The van der Waals surface area contributed by atoms with Crippen molar-refractivity contribution in [1.82, 2.24) is 10.3 Å². The Bertz CT molecular complexity index is 467. The van der Waals surface area contributed by atoms with Crippen LogP contribution in [0.15, 0.2) is 24.5 Å². The molecule has 104 valence electrons. The van der Waals surface area contributed by atoms with Gasteiger partial charge in [0, 0.05) is 17.9 Å². The van der Waals surface area contributed by atoms with Gasteiger partial charge in [0.25, 0.3) is 0 Å². The summed E-state index contributed by atoms with van der Waals surface area (Å²) in [5.41, 5.74) is -1.06. The first-order valence-corrected chi connectivity index (χ1v) is 6.10. The molecule has 0 aliphatic heterocycles. The van der Waals surface area contributed by atoms with Crippen LogP contribution in [0, 0.1) is 5.41 Å². The molecule has 1 aromatic rings. The molecular weight excluding hydrogens is 244 g/mol. The van der Waals surface area contributed by atoms with E-state index in [0.717, 1.165) is 5.56 Å². The Labute approximate surface area is 113 Å². The van der Waals surface area contributed by atoms with Crippen molar-refractivity contribution in [3.63, 3.8) is 0 Å². The number of carboxylic acids is 1. The zero-order valence-electron chi connectivity index (χ0n) is 11.7. The van der Waals surface area contributed by atoms with E-state index in [2.05, 4.69) is 10.3 Å². The van der Waals surface area contributed by atoms with Crippen molar-refractivity contribution in [2.45, 2.75) is 39.7 Å². The van der Waals surface area contributed by atoms with Crippen LogP contribution in [0.4, 0.5) is 0 Å². The Morgan fingerprint density at radius 3 is 2.21 bits per heavy atom. The number of hydrogen-bond acceptors (Lipinski definition) is 3.